The molecule has 0 amide bonds. The largest absolute Gasteiger partial charge is 0.357 e. The molecule has 1 fully saturated rings. The highest BCUT2D eigenvalue weighted by Crippen LogP contribution is 2.20. The van der Waals surface area contributed by atoms with Crippen molar-refractivity contribution in [3.05, 3.63) is 59.9 Å². The Hall–Kier alpha value is -2.27. The summed E-state index contributed by atoms with van der Waals surface area (Å²) in [4.78, 5) is 6.92. The van der Waals surface area contributed by atoms with E-state index in [4.69, 9.17) is 0 Å². The Kier molecular flexibility index (Phi) is 5.76. The van der Waals surface area contributed by atoms with Crippen LogP contribution in [0, 0.1) is 0 Å². The highest BCUT2D eigenvalue weighted by molar-refractivity contribution is 5.80. The molecule has 5 heteroatoms. The van der Waals surface area contributed by atoms with Gasteiger partial charge in [0.1, 0.15) is 0 Å². The van der Waals surface area contributed by atoms with Crippen LogP contribution in [-0.4, -0.2) is 41.1 Å². The van der Waals surface area contributed by atoms with Gasteiger partial charge in [0.05, 0.1) is 0 Å². The van der Waals surface area contributed by atoms with Crippen LogP contribution in [0.4, 0.5) is 0 Å². The number of hydrogen-bond donors (Lipinski definition) is 2. The number of hydrogen-bond acceptors (Lipinski definition) is 2. The average Bonchev–Trinajstić information content (AvgIpc) is 3.18. The molecule has 0 bridgehead atoms. The van der Waals surface area contributed by atoms with E-state index >= 15 is 0 Å². The third kappa shape index (κ3) is 4.86. The van der Waals surface area contributed by atoms with Gasteiger partial charge in [0, 0.05) is 58.2 Å². The normalized spacial score (nSPS) is 21.5. The summed E-state index contributed by atoms with van der Waals surface area (Å²) in [5.74, 6) is 0.877. The van der Waals surface area contributed by atoms with Crippen molar-refractivity contribution in [1.82, 2.24) is 20.1 Å². The van der Waals surface area contributed by atoms with Crippen molar-refractivity contribution < 1.29 is 0 Å². The first-order valence-electron chi connectivity index (χ1n) is 9.00. The van der Waals surface area contributed by atoms with Gasteiger partial charge < -0.3 is 15.2 Å². The maximum Gasteiger partial charge on any atom is 0.191 e. The van der Waals surface area contributed by atoms with Gasteiger partial charge in [-0.15, -0.1) is 0 Å². The van der Waals surface area contributed by atoms with Gasteiger partial charge in [-0.25, -0.2) is 0 Å². The molecule has 2 N–H and O–H groups in total. The zero-order chi connectivity index (χ0) is 17.6. The fourth-order valence-electron chi connectivity index (χ4n) is 3.48. The lowest BCUT2D eigenvalue weighted by atomic mass is 10.2. The fraction of sp³-hybridized carbons (Fsp3) is 0.450. The Morgan fingerprint density at radius 3 is 2.68 bits per heavy atom. The number of aliphatic imine (C=N–C) groups is 1. The molecule has 1 aromatic heterocycles. The summed E-state index contributed by atoms with van der Waals surface area (Å²) in [6.07, 6.45) is 5.33. The molecule has 2 atom stereocenters. The molecule has 25 heavy (non-hydrogen) atoms. The first-order valence-corrected chi connectivity index (χ1v) is 9.00. The van der Waals surface area contributed by atoms with Crippen LogP contribution < -0.4 is 10.6 Å². The molecule has 2 heterocycles. The third-order valence-electron chi connectivity index (χ3n) is 4.85. The van der Waals surface area contributed by atoms with E-state index in [9.17, 15) is 0 Å². The van der Waals surface area contributed by atoms with Crippen molar-refractivity contribution in [1.29, 1.82) is 0 Å². The summed E-state index contributed by atoms with van der Waals surface area (Å²) in [6.45, 7) is 5.15. The molecule has 2 unspecified atom stereocenters. The lowest BCUT2D eigenvalue weighted by Gasteiger charge is -2.21. The minimum Gasteiger partial charge on any atom is -0.357 e. The molecule has 0 radical (unpaired) electrons. The van der Waals surface area contributed by atoms with E-state index in [-0.39, 0.29) is 0 Å². The second-order valence-electron chi connectivity index (χ2n) is 6.95. The number of benzene rings is 1. The van der Waals surface area contributed by atoms with Gasteiger partial charge in [-0.3, -0.25) is 9.89 Å². The summed E-state index contributed by atoms with van der Waals surface area (Å²) in [6, 6.07) is 13.8. The van der Waals surface area contributed by atoms with Gasteiger partial charge in [-0.1, -0.05) is 30.3 Å². The van der Waals surface area contributed by atoms with Gasteiger partial charge in [0.25, 0.3) is 0 Å². The molecule has 0 aliphatic carbocycles. The molecule has 1 aliphatic heterocycles. The molecule has 1 aliphatic rings. The number of aromatic nitrogens is 1. The van der Waals surface area contributed by atoms with Crippen LogP contribution in [0.1, 0.15) is 24.5 Å². The Morgan fingerprint density at radius 1 is 1.20 bits per heavy atom. The van der Waals surface area contributed by atoms with Crippen molar-refractivity contribution in [2.75, 3.05) is 13.6 Å². The van der Waals surface area contributed by atoms with Gasteiger partial charge in [-0.2, -0.15) is 0 Å². The number of likely N-dealkylation sites (tertiary alicyclic amines) is 1. The maximum atomic E-state index is 4.38. The predicted molar refractivity (Wildman–Crippen MR) is 103 cm³/mol. The van der Waals surface area contributed by atoms with E-state index in [0.29, 0.717) is 12.1 Å². The Bertz CT molecular complexity index is 691. The summed E-state index contributed by atoms with van der Waals surface area (Å²) >= 11 is 0. The van der Waals surface area contributed by atoms with Gasteiger partial charge in [0.15, 0.2) is 5.96 Å². The predicted octanol–water partition coefficient (Wildman–Crippen LogP) is 2.35. The number of aryl methyl sites for hydroxylation is 1. The lowest BCUT2D eigenvalue weighted by Crippen LogP contribution is -2.44. The quantitative estimate of drug-likeness (QED) is 0.649. The summed E-state index contributed by atoms with van der Waals surface area (Å²) in [7, 11) is 3.87. The zero-order valence-corrected chi connectivity index (χ0v) is 15.4. The van der Waals surface area contributed by atoms with Gasteiger partial charge in [0.2, 0.25) is 0 Å². The van der Waals surface area contributed by atoms with Crippen LogP contribution in [-0.2, 0) is 20.1 Å². The number of nitrogens with one attached hydrogen (secondary N) is 2. The Labute approximate surface area is 150 Å². The molecule has 0 saturated carbocycles. The molecule has 1 saturated heterocycles. The third-order valence-corrected chi connectivity index (χ3v) is 4.85. The molecule has 134 valence electrons. The van der Waals surface area contributed by atoms with E-state index in [1.165, 1.54) is 11.1 Å². The highest BCUT2D eigenvalue weighted by atomic mass is 15.3. The van der Waals surface area contributed by atoms with Crippen LogP contribution >= 0.6 is 0 Å². The molecule has 3 rings (SSSR count). The van der Waals surface area contributed by atoms with Crippen LogP contribution in [0.5, 0.6) is 0 Å². The van der Waals surface area contributed by atoms with Crippen molar-refractivity contribution in [2.24, 2.45) is 12.0 Å². The maximum absolute atomic E-state index is 4.38. The molecule has 1 aromatic carbocycles. The molecular formula is C20H29N5. The van der Waals surface area contributed by atoms with E-state index in [0.717, 1.165) is 32.0 Å². The fourth-order valence-corrected chi connectivity index (χ4v) is 3.48. The molecular weight excluding hydrogens is 310 g/mol. The molecule has 5 nitrogen and oxygen atoms in total. The minimum absolute atomic E-state index is 0.431. The highest BCUT2D eigenvalue weighted by Gasteiger charge is 2.29. The zero-order valence-electron chi connectivity index (χ0n) is 15.4. The summed E-state index contributed by atoms with van der Waals surface area (Å²) < 4.78 is 2.06. The summed E-state index contributed by atoms with van der Waals surface area (Å²) in [5, 5.41) is 6.99. The second-order valence-corrected chi connectivity index (χ2v) is 6.95. The topological polar surface area (TPSA) is 44.6 Å². The second kappa shape index (κ2) is 8.21. The standard InChI is InChI=1S/C20H29N5/c1-16-11-19(15-25(16)14-17-7-5-4-6-8-17)23-20(21-2)22-12-18-9-10-24(3)13-18/h4-10,13,16,19H,11-12,14-15H2,1-3H3,(H2,21,22,23). The van der Waals surface area contributed by atoms with Gasteiger partial charge >= 0.3 is 0 Å². The SMILES string of the molecule is CN=C(NCc1ccn(C)c1)NC1CC(C)N(Cc2ccccc2)C1. The van der Waals surface area contributed by atoms with E-state index < -0.39 is 0 Å². The van der Waals surface area contributed by atoms with E-state index in [2.05, 4.69) is 80.8 Å². The monoisotopic (exact) mass is 339 g/mol. The number of rotatable bonds is 5. The van der Waals surface area contributed by atoms with E-state index in [1.807, 2.05) is 14.1 Å². The van der Waals surface area contributed by atoms with Crippen molar-refractivity contribution in [2.45, 2.75) is 38.5 Å². The summed E-state index contributed by atoms with van der Waals surface area (Å²) in [5.41, 5.74) is 2.64. The Morgan fingerprint density at radius 2 is 2.00 bits per heavy atom. The van der Waals surface area contributed by atoms with E-state index in [1.54, 1.807) is 0 Å². The minimum atomic E-state index is 0.431. The smallest absolute Gasteiger partial charge is 0.191 e. The first kappa shape index (κ1) is 17.5. The molecule has 0 spiro atoms. The molecule has 2 aromatic rings. The van der Waals surface area contributed by atoms with Crippen LogP contribution in [0.25, 0.3) is 0 Å². The number of nitrogens with zero attached hydrogens (tertiary/aromatic N) is 3. The van der Waals surface area contributed by atoms with Crippen LogP contribution in [0.15, 0.2) is 53.8 Å². The van der Waals surface area contributed by atoms with Gasteiger partial charge in [-0.05, 0) is 30.5 Å². The first-order chi connectivity index (χ1) is 12.1. The van der Waals surface area contributed by atoms with Crippen LogP contribution in [0.3, 0.4) is 0 Å². The lowest BCUT2D eigenvalue weighted by molar-refractivity contribution is 0.258. The van der Waals surface area contributed by atoms with Crippen LogP contribution in [0.2, 0.25) is 0 Å². The van der Waals surface area contributed by atoms with Crippen molar-refractivity contribution >= 4 is 5.96 Å². The number of guanidine groups is 1. The van der Waals surface area contributed by atoms with Crippen molar-refractivity contribution in [3.8, 4) is 0 Å². The average molecular weight is 339 g/mol. The van der Waals surface area contributed by atoms with Crippen molar-refractivity contribution in [3.63, 3.8) is 0 Å². The Balaban J connectivity index is 1.50.